The zero-order valence-corrected chi connectivity index (χ0v) is 34.1. The molecule has 0 bridgehead atoms. The molecule has 6 fully saturated rings. The fraction of sp³-hybridized carbons (Fsp3) is 0.905. The summed E-state index contributed by atoms with van der Waals surface area (Å²) in [5.74, 6) is -1.71. The van der Waals surface area contributed by atoms with Gasteiger partial charge in [-0.1, -0.05) is 46.3 Å². The molecule has 5 aliphatic carbocycles. The maximum absolute atomic E-state index is 14.0. The van der Waals surface area contributed by atoms with Crippen LogP contribution in [0, 0.1) is 50.2 Å². The van der Waals surface area contributed by atoms with Gasteiger partial charge in [0.1, 0.15) is 42.7 Å². The topological polar surface area (TPSA) is 253 Å². The molecule has 0 unspecified atom stereocenters. The number of rotatable bonds is 7. The molecule has 0 aromatic heterocycles. The molecule has 324 valence electrons. The summed E-state index contributed by atoms with van der Waals surface area (Å²) in [7, 11) is 0. The van der Waals surface area contributed by atoms with Crippen LogP contribution in [0.15, 0.2) is 11.6 Å². The van der Waals surface area contributed by atoms with E-state index in [1.54, 1.807) is 0 Å². The normalized spacial score (nSPS) is 54.9. The Morgan fingerprint density at radius 3 is 2.05 bits per heavy atom. The third-order valence-electron chi connectivity index (χ3n) is 17.6. The number of aliphatic hydroxyl groups is 8. The summed E-state index contributed by atoms with van der Waals surface area (Å²) in [6, 6.07) is 0. The van der Waals surface area contributed by atoms with Crippen molar-refractivity contribution in [1.29, 1.82) is 0 Å². The Morgan fingerprint density at radius 1 is 0.754 bits per heavy atom. The molecular formula is C42H66O15. The first-order chi connectivity index (χ1) is 26.5. The number of fused-ring (bicyclic) bond motifs is 7. The van der Waals surface area contributed by atoms with Gasteiger partial charge in [-0.25, -0.2) is 4.79 Å². The lowest BCUT2D eigenvalue weighted by Crippen LogP contribution is -2.67. The summed E-state index contributed by atoms with van der Waals surface area (Å²) < 4.78 is 23.1. The molecule has 7 rings (SSSR count). The number of aliphatic carboxylic acids is 1. The molecule has 0 spiro atoms. The molecule has 0 aromatic carbocycles. The highest BCUT2D eigenvalue weighted by Gasteiger charge is 2.69. The van der Waals surface area contributed by atoms with E-state index in [-0.39, 0.29) is 46.0 Å². The Kier molecular flexibility index (Phi) is 11.2. The van der Waals surface area contributed by atoms with Crippen LogP contribution in [-0.4, -0.2) is 139 Å². The van der Waals surface area contributed by atoms with Crippen molar-refractivity contribution in [2.24, 2.45) is 50.2 Å². The fourth-order valence-corrected chi connectivity index (χ4v) is 13.5. The van der Waals surface area contributed by atoms with Crippen LogP contribution >= 0.6 is 0 Å². The number of ether oxygens (including phenoxy) is 4. The van der Waals surface area contributed by atoms with Crippen LogP contribution in [0.2, 0.25) is 0 Å². The molecule has 0 radical (unpaired) electrons. The maximum atomic E-state index is 14.0. The number of carboxylic acid groups (broad SMARTS) is 1. The number of hydrogen-bond acceptors (Lipinski definition) is 14. The first kappa shape index (κ1) is 43.3. The van der Waals surface area contributed by atoms with Gasteiger partial charge in [0.15, 0.2) is 12.4 Å². The minimum Gasteiger partial charge on any atom is -0.479 e. The van der Waals surface area contributed by atoms with E-state index in [0.29, 0.717) is 19.3 Å². The van der Waals surface area contributed by atoms with Crippen molar-refractivity contribution in [2.75, 3.05) is 13.2 Å². The van der Waals surface area contributed by atoms with E-state index in [4.69, 9.17) is 18.9 Å². The van der Waals surface area contributed by atoms with Crippen molar-refractivity contribution in [2.45, 2.75) is 173 Å². The van der Waals surface area contributed by atoms with E-state index in [9.17, 15) is 55.5 Å². The second kappa shape index (κ2) is 14.7. The van der Waals surface area contributed by atoms with Crippen LogP contribution in [0.25, 0.3) is 0 Å². The Balaban J connectivity index is 1.13. The van der Waals surface area contributed by atoms with Crippen molar-refractivity contribution in [3.05, 3.63) is 11.6 Å². The molecule has 57 heavy (non-hydrogen) atoms. The molecule has 15 nitrogen and oxygen atoms in total. The van der Waals surface area contributed by atoms with Crippen LogP contribution in [0.5, 0.6) is 0 Å². The van der Waals surface area contributed by atoms with E-state index in [0.717, 1.165) is 44.9 Å². The summed E-state index contributed by atoms with van der Waals surface area (Å²) in [6.07, 6.45) is -6.78. The molecule has 2 saturated heterocycles. The molecular weight excluding hydrogens is 744 g/mol. The highest BCUT2D eigenvalue weighted by molar-refractivity contribution is 5.77. The first-order valence-electron chi connectivity index (χ1n) is 21.0. The zero-order chi connectivity index (χ0) is 41.8. The van der Waals surface area contributed by atoms with E-state index in [1.165, 1.54) is 5.57 Å². The minimum atomic E-state index is -1.83. The highest BCUT2D eigenvalue weighted by Crippen LogP contribution is 2.76. The van der Waals surface area contributed by atoms with Crippen LogP contribution in [0.3, 0.4) is 0 Å². The van der Waals surface area contributed by atoms with E-state index in [2.05, 4.69) is 33.8 Å². The largest absolute Gasteiger partial charge is 0.479 e. The van der Waals surface area contributed by atoms with Gasteiger partial charge in [0, 0.05) is 5.41 Å². The molecule has 15 heteroatoms. The summed E-state index contributed by atoms with van der Waals surface area (Å²) in [4.78, 5) is 25.8. The van der Waals surface area contributed by atoms with Crippen LogP contribution in [0.4, 0.5) is 0 Å². The predicted octanol–water partition coefficient (Wildman–Crippen LogP) is 1.38. The van der Waals surface area contributed by atoms with Gasteiger partial charge in [0.2, 0.25) is 6.29 Å². The Hall–Kier alpha value is -1.76. The SMILES string of the molecule is C[C@@]1(C(=O)O[C@@H]2O[C@H](CO)[C@@H](O)[C@H](O)[C@H]2O)CC[C@]2(C)CC[C@]3(C)C(=CC[C@@H]4[C@@]5(C)CC[C@H](O[C@@H]6O[C@H](C(=O)O)[C@@H](O)[C@H](O)[C@H]6O)[C@](C)(CO)[C@@H]5CC[C@]43C)[C@@H]2C1. The van der Waals surface area contributed by atoms with Crippen molar-refractivity contribution in [3.8, 4) is 0 Å². The summed E-state index contributed by atoms with van der Waals surface area (Å²) in [6.45, 7) is 12.5. The molecule has 7 aliphatic rings. The van der Waals surface area contributed by atoms with Gasteiger partial charge in [0.25, 0.3) is 0 Å². The molecule has 0 aromatic rings. The first-order valence-corrected chi connectivity index (χ1v) is 21.0. The fourth-order valence-electron chi connectivity index (χ4n) is 13.5. The number of carboxylic acids is 1. The second-order valence-electron chi connectivity index (χ2n) is 20.4. The summed E-state index contributed by atoms with van der Waals surface area (Å²) in [5, 5.41) is 93.1. The Bertz CT molecular complexity index is 1590. The second-order valence-corrected chi connectivity index (χ2v) is 20.4. The minimum absolute atomic E-state index is 0.000843. The van der Waals surface area contributed by atoms with E-state index >= 15 is 0 Å². The summed E-state index contributed by atoms with van der Waals surface area (Å²) >= 11 is 0. The number of hydrogen-bond donors (Lipinski definition) is 9. The van der Waals surface area contributed by atoms with Crippen molar-refractivity contribution in [3.63, 3.8) is 0 Å². The van der Waals surface area contributed by atoms with Crippen molar-refractivity contribution < 1.29 is 74.5 Å². The van der Waals surface area contributed by atoms with E-state index in [1.807, 2.05) is 13.8 Å². The average Bonchev–Trinajstić information content (AvgIpc) is 3.16. The standard InChI is InChI=1S/C42H66O15/c1-37-13-14-38(2,36(53)57-34-30(49)27(46)26(45)22(18-43)54-34)17-21(37)20-7-8-24-39(3)11-10-25(55-35-31(50)28(47)29(48)32(56-35)33(51)52)40(4,19-44)23(39)9-12-42(24,6)41(20,5)16-15-37/h7,21-32,34-35,43-50H,8-19H2,1-6H3,(H,51,52)/t21-,22+,23+,24+,25-,26+,27-,28-,29-,30+,31+,32-,34-,35+,37+,38+,39-,40+,41+,42+/m0/s1. The van der Waals surface area contributed by atoms with Crippen molar-refractivity contribution >= 4 is 11.9 Å². The predicted molar refractivity (Wildman–Crippen MR) is 200 cm³/mol. The van der Waals surface area contributed by atoms with Crippen molar-refractivity contribution in [1.82, 2.24) is 0 Å². The number of carbonyl (C=O) groups is 2. The maximum Gasteiger partial charge on any atom is 0.335 e. The molecule has 0 amide bonds. The van der Waals surface area contributed by atoms with Crippen LogP contribution < -0.4 is 0 Å². The van der Waals surface area contributed by atoms with E-state index < -0.39 is 96.9 Å². The van der Waals surface area contributed by atoms with Gasteiger partial charge >= 0.3 is 11.9 Å². The van der Waals surface area contributed by atoms with Gasteiger partial charge in [0.05, 0.1) is 24.7 Å². The van der Waals surface area contributed by atoms with Gasteiger partial charge in [-0.05, 0) is 111 Å². The lowest BCUT2D eigenvalue weighted by atomic mass is 9.33. The number of carbonyl (C=O) groups excluding carboxylic acids is 1. The monoisotopic (exact) mass is 810 g/mol. The Morgan fingerprint density at radius 2 is 1.40 bits per heavy atom. The number of esters is 1. The number of allylic oxidation sites excluding steroid dienone is 2. The van der Waals surface area contributed by atoms with Crippen LogP contribution in [-0.2, 0) is 28.5 Å². The Labute approximate surface area is 334 Å². The smallest absolute Gasteiger partial charge is 0.335 e. The van der Waals surface area contributed by atoms with Gasteiger partial charge in [-0.3, -0.25) is 4.79 Å². The molecule has 20 atom stereocenters. The average molecular weight is 811 g/mol. The highest BCUT2D eigenvalue weighted by atomic mass is 16.7. The van der Waals surface area contributed by atoms with Gasteiger partial charge < -0.3 is 64.9 Å². The lowest BCUT2D eigenvalue weighted by molar-refractivity contribution is -0.327. The number of aliphatic hydroxyl groups excluding tert-OH is 8. The third-order valence-corrected chi connectivity index (χ3v) is 17.6. The quantitative estimate of drug-likeness (QED) is 0.100. The molecule has 2 aliphatic heterocycles. The third kappa shape index (κ3) is 6.39. The summed E-state index contributed by atoms with van der Waals surface area (Å²) in [5.41, 5.74) is -0.924. The lowest BCUT2D eigenvalue weighted by Gasteiger charge is -2.71. The molecule has 9 N–H and O–H groups in total. The molecule has 2 heterocycles. The van der Waals surface area contributed by atoms with Gasteiger partial charge in [-0.2, -0.15) is 0 Å². The van der Waals surface area contributed by atoms with Crippen LogP contribution in [0.1, 0.15) is 106 Å². The zero-order valence-electron chi connectivity index (χ0n) is 34.1. The molecule has 4 saturated carbocycles. The van der Waals surface area contributed by atoms with Gasteiger partial charge in [-0.15, -0.1) is 0 Å².